The molecule has 4 nitrogen and oxygen atoms in total. The van der Waals surface area contributed by atoms with Gasteiger partial charge < -0.3 is 4.90 Å². The van der Waals surface area contributed by atoms with Gasteiger partial charge in [0.2, 0.25) is 0 Å². The van der Waals surface area contributed by atoms with Gasteiger partial charge in [0.05, 0.1) is 11.1 Å². The molecule has 2 saturated heterocycles. The molecule has 2 fully saturated rings. The van der Waals surface area contributed by atoms with Crippen molar-refractivity contribution in [1.29, 1.82) is 0 Å². The first-order valence-corrected chi connectivity index (χ1v) is 11.2. The topological polar surface area (TPSA) is 36.4 Å². The molecule has 2 aliphatic heterocycles. The Kier molecular flexibility index (Phi) is 5.42. The van der Waals surface area contributed by atoms with E-state index < -0.39 is 0 Å². The number of carbonyl (C=O) groups excluding carboxylic acids is 1. The van der Waals surface area contributed by atoms with Crippen LogP contribution in [0.5, 0.6) is 0 Å². The fourth-order valence-electron chi connectivity index (χ4n) is 4.41. The van der Waals surface area contributed by atoms with Gasteiger partial charge in [-0.2, -0.15) is 11.8 Å². The molecular formula is C22H29N3OS. The zero-order valence-electron chi connectivity index (χ0n) is 16.6. The van der Waals surface area contributed by atoms with Gasteiger partial charge in [-0.3, -0.25) is 14.7 Å². The Bertz CT molecular complexity index is 852. The van der Waals surface area contributed by atoms with E-state index >= 15 is 0 Å². The number of hydrogen-bond acceptors (Lipinski definition) is 4. The number of likely N-dealkylation sites (tertiary alicyclic amines) is 1. The number of hydrogen-bond donors (Lipinski definition) is 0. The van der Waals surface area contributed by atoms with Crippen molar-refractivity contribution < 1.29 is 4.79 Å². The van der Waals surface area contributed by atoms with Crippen LogP contribution in [0.4, 0.5) is 0 Å². The molecule has 0 radical (unpaired) electrons. The second kappa shape index (κ2) is 7.80. The summed E-state index contributed by atoms with van der Waals surface area (Å²) in [7, 11) is 0. The highest BCUT2D eigenvalue weighted by atomic mass is 32.2. The van der Waals surface area contributed by atoms with Crippen molar-refractivity contribution in [3.63, 3.8) is 0 Å². The molecular weight excluding hydrogens is 354 g/mol. The van der Waals surface area contributed by atoms with E-state index in [1.165, 1.54) is 30.2 Å². The van der Waals surface area contributed by atoms with Gasteiger partial charge in [0.25, 0.3) is 5.91 Å². The van der Waals surface area contributed by atoms with E-state index in [2.05, 4.69) is 40.6 Å². The molecule has 3 heterocycles. The van der Waals surface area contributed by atoms with Crippen molar-refractivity contribution in [2.24, 2.45) is 0 Å². The summed E-state index contributed by atoms with van der Waals surface area (Å²) in [5.41, 5.74) is 4.92. The average Bonchev–Trinajstić information content (AvgIpc) is 2.70. The largest absolute Gasteiger partial charge is 0.339 e. The van der Waals surface area contributed by atoms with Crippen LogP contribution in [0, 0.1) is 20.8 Å². The Morgan fingerprint density at radius 1 is 1.07 bits per heavy atom. The lowest BCUT2D eigenvalue weighted by molar-refractivity contribution is 0.0632. The quantitative estimate of drug-likeness (QED) is 0.790. The number of rotatable bonds is 2. The van der Waals surface area contributed by atoms with Crippen molar-refractivity contribution in [3.05, 3.63) is 40.6 Å². The van der Waals surface area contributed by atoms with E-state index in [-0.39, 0.29) is 5.91 Å². The lowest BCUT2D eigenvalue weighted by atomic mass is 9.97. The Labute approximate surface area is 166 Å². The maximum absolute atomic E-state index is 13.5. The first kappa shape index (κ1) is 18.8. The highest BCUT2D eigenvalue weighted by molar-refractivity contribution is 7.99. The number of carbonyl (C=O) groups is 1. The number of benzene rings is 1. The molecule has 0 atom stereocenters. The summed E-state index contributed by atoms with van der Waals surface area (Å²) >= 11 is 2.06. The minimum atomic E-state index is 0.182. The molecule has 0 spiro atoms. The summed E-state index contributed by atoms with van der Waals surface area (Å²) in [6.45, 7) is 10.3. The normalized spacial score (nSPS) is 19.6. The molecule has 0 bridgehead atoms. The predicted octanol–water partition coefficient (Wildman–Crippen LogP) is 3.81. The average molecular weight is 384 g/mol. The number of pyridine rings is 1. The van der Waals surface area contributed by atoms with Crippen molar-refractivity contribution in [1.82, 2.24) is 14.8 Å². The summed E-state index contributed by atoms with van der Waals surface area (Å²) in [6.07, 6.45) is 2.19. The monoisotopic (exact) mass is 383 g/mol. The third-order valence-electron chi connectivity index (χ3n) is 6.15. The van der Waals surface area contributed by atoms with Gasteiger partial charge in [-0.1, -0.05) is 11.6 Å². The molecule has 0 N–H and O–H groups in total. The zero-order chi connectivity index (χ0) is 19.0. The summed E-state index contributed by atoms with van der Waals surface area (Å²) in [5.74, 6) is 2.68. The Morgan fingerprint density at radius 2 is 1.78 bits per heavy atom. The minimum Gasteiger partial charge on any atom is -0.339 e. The molecule has 4 rings (SSSR count). The highest BCUT2D eigenvalue weighted by Crippen LogP contribution is 2.27. The van der Waals surface area contributed by atoms with Crippen LogP contribution in [-0.4, -0.2) is 64.4 Å². The smallest absolute Gasteiger partial charge is 0.254 e. The Hall–Kier alpha value is -1.59. The maximum atomic E-state index is 13.5. The van der Waals surface area contributed by atoms with Gasteiger partial charge >= 0.3 is 0 Å². The van der Waals surface area contributed by atoms with Crippen molar-refractivity contribution in [3.8, 4) is 0 Å². The number of amides is 1. The number of fused-ring (bicyclic) bond motifs is 1. The standard InChI is InChI=1S/C22H29N3OS/c1-15-4-5-20-19(14-15)21(16(2)17(3)23-20)22(26)25-8-6-18(7-9-25)24-10-12-27-13-11-24/h4-5,14,18H,6-13H2,1-3H3. The fraction of sp³-hybridized carbons (Fsp3) is 0.545. The maximum Gasteiger partial charge on any atom is 0.254 e. The van der Waals surface area contributed by atoms with Crippen LogP contribution in [0.2, 0.25) is 0 Å². The first-order chi connectivity index (χ1) is 13.0. The number of aryl methyl sites for hydroxylation is 2. The van der Waals surface area contributed by atoms with Gasteiger partial charge in [-0.15, -0.1) is 0 Å². The summed E-state index contributed by atoms with van der Waals surface area (Å²) in [6, 6.07) is 6.87. The molecule has 27 heavy (non-hydrogen) atoms. The molecule has 1 aromatic carbocycles. The van der Waals surface area contributed by atoms with E-state index in [1.807, 2.05) is 19.9 Å². The SMILES string of the molecule is Cc1ccc2nc(C)c(C)c(C(=O)N3CCC(N4CCSCC4)CC3)c2c1. The zero-order valence-corrected chi connectivity index (χ0v) is 17.4. The van der Waals surface area contributed by atoms with E-state index in [0.717, 1.165) is 53.7 Å². The van der Waals surface area contributed by atoms with Crippen LogP contribution in [0.3, 0.4) is 0 Å². The van der Waals surface area contributed by atoms with Crippen LogP contribution in [0.25, 0.3) is 10.9 Å². The molecule has 144 valence electrons. The van der Waals surface area contributed by atoms with Gasteiger partial charge in [0, 0.05) is 54.8 Å². The van der Waals surface area contributed by atoms with Gasteiger partial charge in [0.1, 0.15) is 0 Å². The van der Waals surface area contributed by atoms with E-state index in [0.29, 0.717) is 6.04 Å². The first-order valence-electron chi connectivity index (χ1n) is 10.0. The molecule has 2 aromatic rings. The summed E-state index contributed by atoms with van der Waals surface area (Å²) in [4.78, 5) is 22.9. The third kappa shape index (κ3) is 3.72. The van der Waals surface area contributed by atoms with Crippen LogP contribution < -0.4 is 0 Å². The fourth-order valence-corrected chi connectivity index (χ4v) is 5.34. The second-order valence-corrected chi connectivity index (χ2v) is 9.11. The van der Waals surface area contributed by atoms with E-state index in [4.69, 9.17) is 4.98 Å². The summed E-state index contributed by atoms with van der Waals surface area (Å²) < 4.78 is 0. The van der Waals surface area contributed by atoms with E-state index in [1.54, 1.807) is 0 Å². The Morgan fingerprint density at radius 3 is 2.48 bits per heavy atom. The lowest BCUT2D eigenvalue weighted by Crippen LogP contribution is -2.49. The van der Waals surface area contributed by atoms with Crippen molar-refractivity contribution in [2.75, 3.05) is 37.7 Å². The van der Waals surface area contributed by atoms with Crippen molar-refractivity contribution >= 4 is 28.6 Å². The number of piperidine rings is 1. The van der Waals surface area contributed by atoms with Crippen molar-refractivity contribution in [2.45, 2.75) is 39.7 Å². The lowest BCUT2D eigenvalue weighted by Gasteiger charge is -2.40. The predicted molar refractivity (Wildman–Crippen MR) is 114 cm³/mol. The molecule has 1 amide bonds. The number of nitrogens with zero attached hydrogens (tertiary/aromatic N) is 3. The second-order valence-electron chi connectivity index (χ2n) is 7.89. The van der Waals surface area contributed by atoms with E-state index in [9.17, 15) is 4.79 Å². The Balaban J connectivity index is 1.57. The molecule has 2 aliphatic rings. The minimum absolute atomic E-state index is 0.182. The van der Waals surface area contributed by atoms with Crippen LogP contribution in [0.1, 0.15) is 40.0 Å². The number of aromatic nitrogens is 1. The van der Waals surface area contributed by atoms with Crippen LogP contribution >= 0.6 is 11.8 Å². The molecule has 0 unspecified atom stereocenters. The van der Waals surface area contributed by atoms with Gasteiger partial charge in [0.15, 0.2) is 0 Å². The summed E-state index contributed by atoms with van der Waals surface area (Å²) in [5, 5.41) is 0.998. The molecule has 0 saturated carbocycles. The molecule has 1 aromatic heterocycles. The van der Waals surface area contributed by atoms with Crippen LogP contribution in [-0.2, 0) is 0 Å². The highest BCUT2D eigenvalue weighted by Gasteiger charge is 2.29. The third-order valence-corrected chi connectivity index (χ3v) is 7.10. The van der Waals surface area contributed by atoms with Gasteiger partial charge in [-0.25, -0.2) is 0 Å². The molecule has 5 heteroatoms. The van der Waals surface area contributed by atoms with Gasteiger partial charge in [-0.05, 0) is 51.3 Å². The van der Waals surface area contributed by atoms with Crippen LogP contribution in [0.15, 0.2) is 18.2 Å². The number of thioether (sulfide) groups is 1. The molecule has 0 aliphatic carbocycles.